The molecule has 0 aliphatic heterocycles. The molecule has 0 bridgehead atoms. The molecule has 3 aromatic heterocycles. The van der Waals surface area contributed by atoms with Crippen molar-refractivity contribution in [2.24, 2.45) is 7.05 Å². The molecule has 0 spiro atoms. The number of aromatic nitrogens is 5. The van der Waals surface area contributed by atoms with E-state index < -0.39 is 0 Å². The predicted molar refractivity (Wildman–Crippen MR) is 81.9 cm³/mol. The summed E-state index contributed by atoms with van der Waals surface area (Å²) in [5.74, 6) is 0.821. The fraction of sp³-hybridized carbons (Fsp3) is 0.333. The molecule has 6 nitrogen and oxygen atoms in total. The Morgan fingerprint density at radius 2 is 2.19 bits per heavy atom. The van der Waals surface area contributed by atoms with Crippen molar-refractivity contribution in [1.82, 2.24) is 24.7 Å². The first kappa shape index (κ1) is 13.5. The standard InChI is InChI=1S/C15H18N6/c1-4-12(11-6-5-7-16-8-11)19-14-13-10(2)20-21(3)15(13)18-9-17-14/h5-9,12H,4H2,1-3H3,(H,17,18,19)/t12-/m1/s1. The van der Waals surface area contributed by atoms with E-state index in [1.807, 2.05) is 26.2 Å². The molecule has 0 amide bonds. The van der Waals surface area contributed by atoms with Gasteiger partial charge in [-0.05, 0) is 25.0 Å². The highest BCUT2D eigenvalue weighted by molar-refractivity contribution is 5.89. The lowest BCUT2D eigenvalue weighted by molar-refractivity contribution is 0.741. The van der Waals surface area contributed by atoms with Crippen LogP contribution in [0.5, 0.6) is 0 Å². The van der Waals surface area contributed by atoms with Gasteiger partial charge < -0.3 is 5.32 Å². The van der Waals surface area contributed by atoms with Crippen molar-refractivity contribution in [2.45, 2.75) is 26.3 Å². The molecule has 6 heteroatoms. The summed E-state index contributed by atoms with van der Waals surface area (Å²) in [5.41, 5.74) is 2.91. The van der Waals surface area contributed by atoms with Crippen molar-refractivity contribution >= 4 is 16.9 Å². The van der Waals surface area contributed by atoms with Crippen LogP contribution in [-0.2, 0) is 7.05 Å². The SMILES string of the molecule is CC[C@@H](Nc1ncnc2c1c(C)nn2C)c1cccnc1. The van der Waals surface area contributed by atoms with Crippen LogP contribution in [0.2, 0.25) is 0 Å². The average Bonchev–Trinajstić information content (AvgIpc) is 2.81. The fourth-order valence-corrected chi connectivity index (χ4v) is 2.55. The third kappa shape index (κ3) is 2.44. The minimum atomic E-state index is 0.163. The molecule has 0 fully saturated rings. The van der Waals surface area contributed by atoms with E-state index in [9.17, 15) is 0 Å². The summed E-state index contributed by atoms with van der Waals surface area (Å²) < 4.78 is 1.78. The second-order valence-electron chi connectivity index (χ2n) is 5.02. The highest BCUT2D eigenvalue weighted by atomic mass is 15.3. The Kier molecular flexibility index (Phi) is 3.51. The van der Waals surface area contributed by atoms with Gasteiger partial charge in [-0.25, -0.2) is 9.97 Å². The molecule has 0 aliphatic carbocycles. The second kappa shape index (κ2) is 5.47. The van der Waals surface area contributed by atoms with Crippen LogP contribution in [-0.4, -0.2) is 24.7 Å². The second-order valence-corrected chi connectivity index (χ2v) is 5.02. The number of nitrogens with one attached hydrogen (secondary N) is 1. The van der Waals surface area contributed by atoms with Gasteiger partial charge in [0.2, 0.25) is 0 Å². The number of hydrogen-bond donors (Lipinski definition) is 1. The first-order chi connectivity index (χ1) is 10.2. The van der Waals surface area contributed by atoms with Crippen LogP contribution in [0, 0.1) is 6.92 Å². The van der Waals surface area contributed by atoms with Gasteiger partial charge in [-0.1, -0.05) is 13.0 Å². The Hall–Kier alpha value is -2.50. The largest absolute Gasteiger partial charge is 0.362 e. The Balaban J connectivity index is 2.01. The Labute approximate surface area is 123 Å². The van der Waals surface area contributed by atoms with Crippen molar-refractivity contribution in [3.05, 3.63) is 42.1 Å². The summed E-state index contributed by atoms with van der Waals surface area (Å²) in [6, 6.07) is 4.18. The molecule has 0 aromatic carbocycles. The van der Waals surface area contributed by atoms with Crippen LogP contribution in [0.4, 0.5) is 5.82 Å². The average molecular weight is 282 g/mol. The highest BCUT2D eigenvalue weighted by Crippen LogP contribution is 2.27. The molecule has 21 heavy (non-hydrogen) atoms. The van der Waals surface area contributed by atoms with Gasteiger partial charge in [-0.2, -0.15) is 5.10 Å². The fourth-order valence-electron chi connectivity index (χ4n) is 2.55. The number of aryl methyl sites for hydroxylation is 2. The van der Waals surface area contributed by atoms with Gasteiger partial charge in [0.15, 0.2) is 5.65 Å². The molecule has 1 N–H and O–H groups in total. The maximum Gasteiger partial charge on any atom is 0.163 e. The van der Waals surface area contributed by atoms with Crippen molar-refractivity contribution in [1.29, 1.82) is 0 Å². The third-order valence-electron chi connectivity index (χ3n) is 3.60. The van der Waals surface area contributed by atoms with Crippen LogP contribution in [0.25, 0.3) is 11.0 Å². The quantitative estimate of drug-likeness (QED) is 0.796. The lowest BCUT2D eigenvalue weighted by atomic mass is 10.1. The number of anilines is 1. The predicted octanol–water partition coefficient (Wildman–Crippen LogP) is 2.63. The lowest BCUT2D eigenvalue weighted by Gasteiger charge is -2.18. The minimum Gasteiger partial charge on any atom is -0.362 e. The zero-order valence-electron chi connectivity index (χ0n) is 12.4. The minimum absolute atomic E-state index is 0.163. The van der Waals surface area contributed by atoms with E-state index in [-0.39, 0.29) is 6.04 Å². The molecular formula is C15H18N6. The molecule has 0 radical (unpaired) electrons. The molecule has 3 rings (SSSR count). The van der Waals surface area contributed by atoms with Gasteiger partial charge in [0.05, 0.1) is 17.1 Å². The Bertz CT molecular complexity index is 749. The molecule has 0 unspecified atom stereocenters. The molecule has 0 aliphatic rings. The molecule has 0 saturated heterocycles. The van der Waals surface area contributed by atoms with E-state index in [2.05, 4.69) is 38.4 Å². The summed E-state index contributed by atoms with van der Waals surface area (Å²) in [7, 11) is 1.89. The molecule has 1 atom stereocenters. The topological polar surface area (TPSA) is 68.5 Å². The number of hydrogen-bond acceptors (Lipinski definition) is 5. The first-order valence-electron chi connectivity index (χ1n) is 7.01. The van der Waals surface area contributed by atoms with Gasteiger partial charge >= 0.3 is 0 Å². The van der Waals surface area contributed by atoms with Crippen molar-refractivity contribution in [2.75, 3.05) is 5.32 Å². The summed E-state index contributed by atoms with van der Waals surface area (Å²) in [6.07, 6.45) is 6.18. The van der Waals surface area contributed by atoms with Gasteiger partial charge in [-0.3, -0.25) is 9.67 Å². The van der Waals surface area contributed by atoms with E-state index >= 15 is 0 Å². The smallest absolute Gasteiger partial charge is 0.163 e. The van der Waals surface area contributed by atoms with Gasteiger partial charge in [-0.15, -0.1) is 0 Å². The third-order valence-corrected chi connectivity index (χ3v) is 3.60. The molecule has 0 saturated carbocycles. The monoisotopic (exact) mass is 282 g/mol. The Morgan fingerprint density at radius 1 is 1.33 bits per heavy atom. The number of pyridine rings is 1. The van der Waals surface area contributed by atoms with Crippen LogP contribution < -0.4 is 5.32 Å². The maximum atomic E-state index is 4.42. The van der Waals surface area contributed by atoms with Gasteiger partial charge in [0, 0.05) is 19.4 Å². The number of nitrogens with zero attached hydrogens (tertiary/aromatic N) is 5. The van der Waals surface area contributed by atoms with E-state index in [0.29, 0.717) is 0 Å². The zero-order valence-corrected chi connectivity index (χ0v) is 12.4. The molecule has 108 valence electrons. The van der Waals surface area contributed by atoms with Crippen molar-refractivity contribution < 1.29 is 0 Å². The van der Waals surface area contributed by atoms with Crippen LogP contribution in [0.15, 0.2) is 30.9 Å². The van der Waals surface area contributed by atoms with E-state index in [0.717, 1.165) is 34.5 Å². The van der Waals surface area contributed by atoms with Gasteiger partial charge in [0.1, 0.15) is 12.1 Å². The summed E-state index contributed by atoms with van der Waals surface area (Å²) in [6.45, 7) is 4.11. The normalized spacial score (nSPS) is 12.5. The first-order valence-corrected chi connectivity index (χ1v) is 7.01. The van der Waals surface area contributed by atoms with Crippen LogP contribution >= 0.6 is 0 Å². The molecule has 3 heterocycles. The molecule has 3 aromatic rings. The van der Waals surface area contributed by atoms with Crippen LogP contribution in [0.1, 0.15) is 30.6 Å². The number of fused-ring (bicyclic) bond motifs is 1. The van der Waals surface area contributed by atoms with Gasteiger partial charge in [0.25, 0.3) is 0 Å². The maximum absolute atomic E-state index is 4.42. The lowest BCUT2D eigenvalue weighted by Crippen LogP contribution is -2.11. The van der Waals surface area contributed by atoms with Crippen LogP contribution in [0.3, 0.4) is 0 Å². The van der Waals surface area contributed by atoms with E-state index in [1.54, 1.807) is 17.2 Å². The summed E-state index contributed by atoms with van der Waals surface area (Å²) in [4.78, 5) is 12.9. The summed E-state index contributed by atoms with van der Waals surface area (Å²) >= 11 is 0. The van der Waals surface area contributed by atoms with Crippen molar-refractivity contribution in [3.8, 4) is 0 Å². The summed E-state index contributed by atoms with van der Waals surface area (Å²) in [5, 5.41) is 8.89. The molecular weight excluding hydrogens is 264 g/mol. The van der Waals surface area contributed by atoms with E-state index in [1.165, 1.54) is 0 Å². The number of rotatable bonds is 4. The Morgan fingerprint density at radius 3 is 2.90 bits per heavy atom. The van der Waals surface area contributed by atoms with Crippen molar-refractivity contribution in [3.63, 3.8) is 0 Å². The zero-order chi connectivity index (χ0) is 14.8. The highest BCUT2D eigenvalue weighted by Gasteiger charge is 2.16. The van der Waals surface area contributed by atoms with E-state index in [4.69, 9.17) is 0 Å².